The Morgan fingerprint density at radius 1 is 1.69 bits per heavy atom. The molecule has 0 aromatic carbocycles. The topological polar surface area (TPSA) is 9.23 Å². The van der Waals surface area contributed by atoms with Crippen molar-refractivity contribution in [2.75, 3.05) is 6.61 Å². The van der Waals surface area contributed by atoms with E-state index in [1.165, 1.54) is 12.8 Å². The van der Waals surface area contributed by atoms with Crippen molar-refractivity contribution in [2.24, 2.45) is 5.92 Å². The molecular formula is C10H17ClOSi. The zero-order chi connectivity index (χ0) is 9.47. The average molecular weight is 217 g/mol. The van der Waals surface area contributed by atoms with E-state index in [0.717, 1.165) is 11.6 Å². The van der Waals surface area contributed by atoms with Crippen molar-refractivity contribution in [1.82, 2.24) is 0 Å². The van der Waals surface area contributed by atoms with Crippen LogP contribution in [0.4, 0.5) is 0 Å². The summed E-state index contributed by atoms with van der Waals surface area (Å²) in [5.74, 6) is 0.625. The van der Waals surface area contributed by atoms with Gasteiger partial charge in [0.25, 0.3) is 0 Å². The smallest absolute Gasteiger partial charge is 0.0644 e. The van der Waals surface area contributed by atoms with Crippen LogP contribution >= 0.6 is 11.6 Å². The monoisotopic (exact) mass is 216 g/mol. The molecule has 0 saturated heterocycles. The third kappa shape index (κ3) is 1.39. The van der Waals surface area contributed by atoms with Crippen LogP contribution in [0, 0.1) is 5.92 Å². The first kappa shape index (κ1) is 9.75. The summed E-state index contributed by atoms with van der Waals surface area (Å²) in [5, 5.41) is 1.58. The second kappa shape index (κ2) is 3.41. The molecule has 0 heterocycles. The Labute approximate surface area is 87.3 Å². The highest BCUT2D eigenvalue weighted by atomic mass is 35.5. The maximum atomic E-state index is 6.27. The first-order valence-electron chi connectivity index (χ1n) is 5.21. The van der Waals surface area contributed by atoms with Crippen molar-refractivity contribution in [2.45, 2.75) is 37.5 Å². The predicted octanol–water partition coefficient (Wildman–Crippen LogP) is 2.31. The van der Waals surface area contributed by atoms with Gasteiger partial charge in [-0.1, -0.05) is 24.2 Å². The molecule has 2 aliphatic carbocycles. The zero-order valence-corrected chi connectivity index (χ0v) is 10.5. The number of fused-ring (bicyclic) bond motifs is 2. The molecule has 0 radical (unpaired) electrons. The summed E-state index contributed by atoms with van der Waals surface area (Å²) in [7, 11) is -0.0512. The lowest BCUT2D eigenvalue weighted by Crippen LogP contribution is -2.22. The van der Waals surface area contributed by atoms with E-state index in [1.54, 1.807) is 0 Å². The Morgan fingerprint density at radius 3 is 3.00 bits per heavy atom. The van der Waals surface area contributed by atoms with E-state index in [0.29, 0.717) is 17.1 Å². The van der Waals surface area contributed by atoms with Crippen molar-refractivity contribution in [3.05, 3.63) is 11.1 Å². The van der Waals surface area contributed by atoms with Gasteiger partial charge in [-0.3, -0.25) is 0 Å². The molecule has 0 aliphatic heterocycles. The standard InChI is InChI=1S/C10H17ClOSi/c1-3-12-8-6-10(13-2)5-7(8)4-9(10)11/h4,7-8H,3,5-6,13H2,1-2H3. The van der Waals surface area contributed by atoms with Crippen LogP contribution in [0.1, 0.15) is 19.8 Å². The lowest BCUT2D eigenvalue weighted by atomic mass is 10.0. The fourth-order valence-corrected chi connectivity index (χ4v) is 5.15. The maximum absolute atomic E-state index is 6.27. The van der Waals surface area contributed by atoms with Gasteiger partial charge >= 0.3 is 0 Å². The van der Waals surface area contributed by atoms with Crippen LogP contribution in [0.3, 0.4) is 0 Å². The molecule has 3 unspecified atom stereocenters. The Balaban J connectivity index is 2.14. The average Bonchev–Trinajstić information content (AvgIpc) is 2.60. The van der Waals surface area contributed by atoms with Gasteiger partial charge in [0.1, 0.15) is 0 Å². The lowest BCUT2D eigenvalue weighted by Gasteiger charge is -2.27. The van der Waals surface area contributed by atoms with Gasteiger partial charge in [0.05, 0.1) is 6.10 Å². The highest BCUT2D eigenvalue weighted by Gasteiger charge is 2.50. The minimum Gasteiger partial charge on any atom is -0.378 e. The molecule has 2 aliphatic rings. The number of allylic oxidation sites excluding steroid dienone is 1. The number of ether oxygens (including phenoxy) is 1. The van der Waals surface area contributed by atoms with Crippen LogP contribution in [0.25, 0.3) is 0 Å². The molecule has 0 N–H and O–H groups in total. The highest BCUT2D eigenvalue weighted by Crippen LogP contribution is 2.60. The van der Waals surface area contributed by atoms with E-state index in [4.69, 9.17) is 16.3 Å². The summed E-state index contributed by atoms with van der Waals surface area (Å²) in [4.78, 5) is 0. The van der Waals surface area contributed by atoms with Gasteiger partial charge in [0.15, 0.2) is 0 Å². The fourth-order valence-electron chi connectivity index (χ4n) is 2.78. The van der Waals surface area contributed by atoms with E-state index in [2.05, 4.69) is 19.5 Å². The van der Waals surface area contributed by atoms with E-state index in [9.17, 15) is 0 Å². The Bertz CT molecular complexity index is 241. The largest absolute Gasteiger partial charge is 0.378 e. The Kier molecular flexibility index (Phi) is 2.56. The minimum absolute atomic E-state index is 0.0512. The lowest BCUT2D eigenvalue weighted by molar-refractivity contribution is 0.0458. The molecule has 1 saturated carbocycles. The maximum Gasteiger partial charge on any atom is 0.0644 e. The molecular weight excluding hydrogens is 200 g/mol. The number of hydrogen-bond donors (Lipinski definition) is 0. The SMILES string of the molecule is CCOC1CC2([SiH2]C)CC1C=C2Cl. The Hall–Kier alpha value is 0.207. The van der Waals surface area contributed by atoms with Crippen molar-refractivity contribution >= 4 is 21.1 Å². The second-order valence-corrected chi connectivity index (χ2v) is 6.68. The highest BCUT2D eigenvalue weighted by molar-refractivity contribution is 6.46. The molecule has 2 bridgehead atoms. The second-order valence-electron chi connectivity index (χ2n) is 4.21. The summed E-state index contributed by atoms with van der Waals surface area (Å²) >= 11 is 6.27. The van der Waals surface area contributed by atoms with E-state index in [-0.39, 0.29) is 9.52 Å². The van der Waals surface area contributed by atoms with Gasteiger partial charge in [-0.25, -0.2) is 0 Å². The van der Waals surface area contributed by atoms with Crippen LogP contribution in [-0.2, 0) is 4.74 Å². The van der Waals surface area contributed by atoms with Gasteiger partial charge < -0.3 is 4.74 Å². The normalized spacial score (nSPS) is 43.5. The van der Waals surface area contributed by atoms with Crippen LogP contribution in [0.5, 0.6) is 0 Å². The third-order valence-electron chi connectivity index (χ3n) is 3.62. The summed E-state index contributed by atoms with van der Waals surface area (Å²) in [6.07, 6.45) is 5.20. The van der Waals surface area contributed by atoms with Crippen molar-refractivity contribution in [3.63, 3.8) is 0 Å². The molecule has 1 fully saturated rings. The molecule has 0 aromatic heterocycles. The zero-order valence-electron chi connectivity index (χ0n) is 8.35. The molecule has 74 valence electrons. The van der Waals surface area contributed by atoms with Gasteiger partial charge in [0, 0.05) is 27.1 Å². The van der Waals surface area contributed by atoms with Crippen LogP contribution < -0.4 is 0 Å². The number of rotatable bonds is 3. The fraction of sp³-hybridized carbons (Fsp3) is 0.800. The molecule has 1 nitrogen and oxygen atoms in total. The van der Waals surface area contributed by atoms with Crippen molar-refractivity contribution in [1.29, 1.82) is 0 Å². The summed E-state index contributed by atoms with van der Waals surface area (Å²) in [6.45, 7) is 5.29. The first-order chi connectivity index (χ1) is 6.22. The van der Waals surface area contributed by atoms with Gasteiger partial charge in [-0.2, -0.15) is 0 Å². The molecule has 0 aromatic rings. The van der Waals surface area contributed by atoms with Crippen LogP contribution in [0.2, 0.25) is 11.6 Å². The van der Waals surface area contributed by atoms with Crippen LogP contribution in [0.15, 0.2) is 11.1 Å². The van der Waals surface area contributed by atoms with Gasteiger partial charge in [0.2, 0.25) is 0 Å². The molecule has 0 spiro atoms. The van der Waals surface area contributed by atoms with Gasteiger partial charge in [-0.15, -0.1) is 0 Å². The summed E-state index contributed by atoms with van der Waals surface area (Å²) < 4.78 is 5.73. The quantitative estimate of drug-likeness (QED) is 0.658. The van der Waals surface area contributed by atoms with E-state index in [1.807, 2.05) is 0 Å². The first-order valence-corrected chi connectivity index (χ1v) is 7.71. The van der Waals surface area contributed by atoms with Crippen molar-refractivity contribution in [3.8, 4) is 0 Å². The third-order valence-corrected chi connectivity index (χ3v) is 6.68. The van der Waals surface area contributed by atoms with E-state index < -0.39 is 0 Å². The van der Waals surface area contributed by atoms with E-state index >= 15 is 0 Å². The number of hydrogen-bond acceptors (Lipinski definition) is 1. The summed E-state index contributed by atoms with van der Waals surface area (Å²) in [6, 6.07) is 0. The molecule has 2 rings (SSSR count). The minimum atomic E-state index is -0.0512. The summed E-state index contributed by atoms with van der Waals surface area (Å²) in [5.41, 5.74) is 0. The number of halogens is 1. The molecule has 0 amide bonds. The van der Waals surface area contributed by atoms with Crippen molar-refractivity contribution < 1.29 is 4.74 Å². The van der Waals surface area contributed by atoms with Crippen LogP contribution in [-0.4, -0.2) is 22.2 Å². The molecule has 3 atom stereocenters. The Morgan fingerprint density at radius 2 is 2.46 bits per heavy atom. The van der Waals surface area contributed by atoms with Gasteiger partial charge in [-0.05, 0) is 24.8 Å². The molecule has 13 heavy (non-hydrogen) atoms. The predicted molar refractivity (Wildman–Crippen MR) is 59.2 cm³/mol. The molecule has 3 heteroatoms.